The molecule has 1 saturated heterocycles. The van der Waals surface area contributed by atoms with Crippen LogP contribution in [-0.4, -0.2) is 58.0 Å². The Morgan fingerprint density at radius 1 is 1.23 bits per heavy atom. The molecular weight excluding hydrogens is 304 g/mol. The van der Waals surface area contributed by atoms with E-state index >= 15 is 0 Å². The van der Waals surface area contributed by atoms with Crippen LogP contribution in [0.1, 0.15) is 12.5 Å². The number of hydrogen-bond donors (Lipinski definition) is 1. The number of nitrogens with zero attached hydrogens (tertiary/aromatic N) is 1. The highest BCUT2D eigenvalue weighted by Crippen LogP contribution is 2.28. The van der Waals surface area contributed by atoms with Crippen molar-refractivity contribution in [1.29, 1.82) is 0 Å². The summed E-state index contributed by atoms with van der Waals surface area (Å²) in [6, 6.07) is 6.71. The molecule has 1 aromatic rings. The second kappa shape index (κ2) is 9.90. The predicted octanol–water partition coefficient (Wildman–Crippen LogP) is 1.94. The zero-order valence-corrected chi connectivity index (χ0v) is 14.4. The molecular formula is C16H27ClN2O3. The van der Waals surface area contributed by atoms with Crippen molar-refractivity contribution in [3.05, 3.63) is 23.8 Å². The highest BCUT2D eigenvalue weighted by Gasteiger charge is 2.16. The summed E-state index contributed by atoms with van der Waals surface area (Å²) < 4.78 is 16.1. The molecule has 0 aromatic heterocycles. The average Bonchev–Trinajstić information content (AvgIpc) is 2.48. The number of hydrogen-bond acceptors (Lipinski definition) is 5. The number of rotatable bonds is 7. The van der Waals surface area contributed by atoms with Crippen LogP contribution in [0.5, 0.6) is 11.5 Å². The Hall–Kier alpha value is -1.01. The molecule has 1 fully saturated rings. The molecule has 1 aromatic carbocycles. The lowest BCUT2D eigenvalue weighted by Crippen LogP contribution is -2.48. The van der Waals surface area contributed by atoms with Crippen LogP contribution in [0.3, 0.4) is 0 Å². The smallest absolute Gasteiger partial charge is 0.161 e. The van der Waals surface area contributed by atoms with Gasteiger partial charge in [-0.25, -0.2) is 0 Å². The number of halogens is 1. The van der Waals surface area contributed by atoms with E-state index in [2.05, 4.69) is 29.3 Å². The summed E-state index contributed by atoms with van der Waals surface area (Å²) in [5.41, 5.74) is 1.25. The fourth-order valence-electron chi connectivity index (χ4n) is 2.58. The summed E-state index contributed by atoms with van der Waals surface area (Å²) in [5.74, 6) is 1.55. The molecule has 1 aliphatic rings. The minimum Gasteiger partial charge on any atom is -0.493 e. The van der Waals surface area contributed by atoms with E-state index in [1.165, 1.54) is 5.56 Å². The Bertz CT molecular complexity index is 445. The first kappa shape index (κ1) is 19.0. The van der Waals surface area contributed by atoms with Gasteiger partial charge >= 0.3 is 0 Å². The molecule has 1 N–H and O–H groups in total. The van der Waals surface area contributed by atoms with Crippen molar-refractivity contribution in [3.8, 4) is 11.5 Å². The second-order valence-corrected chi connectivity index (χ2v) is 5.42. The molecule has 1 heterocycles. The third kappa shape index (κ3) is 5.65. The lowest BCUT2D eigenvalue weighted by atomic mass is 10.1. The molecule has 5 nitrogen and oxygen atoms in total. The van der Waals surface area contributed by atoms with Crippen molar-refractivity contribution in [2.75, 3.05) is 47.1 Å². The van der Waals surface area contributed by atoms with Crippen LogP contribution in [0.25, 0.3) is 0 Å². The third-order valence-corrected chi connectivity index (χ3v) is 3.63. The Kier molecular flexibility index (Phi) is 8.56. The van der Waals surface area contributed by atoms with Gasteiger partial charge in [-0.1, -0.05) is 6.07 Å². The van der Waals surface area contributed by atoms with E-state index in [0.717, 1.165) is 37.7 Å². The van der Waals surface area contributed by atoms with E-state index in [1.54, 1.807) is 14.2 Å². The van der Waals surface area contributed by atoms with E-state index in [9.17, 15) is 0 Å². The standard InChI is InChI=1S/C16H26N2O3.ClH/c1-13-11-18(7-6-17-13)12-14-4-5-15(16(10-14)20-3)21-9-8-19-2;/h4-5,10,13,17H,6-9,11-12H2,1-3H3;1H. The predicted molar refractivity (Wildman–Crippen MR) is 90.4 cm³/mol. The van der Waals surface area contributed by atoms with Gasteiger partial charge < -0.3 is 19.5 Å². The molecule has 0 saturated carbocycles. The van der Waals surface area contributed by atoms with Gasteiger partial charge in [0.15, 0.2) is 11.5 Å². The average molecular weight is 331 g/mol. The van der Waals surface area contributed by atoms with Gasteiger partial charge in [0, 0.05) is 39.3 Å². The first-order valence-electron chi connectivity index (χ1n) is 7.47. The maximum Gasteiger partial charge on any atom is 0.161 e. The number of methoxy groups -OCH3 is 2. The van der Waals surface area contributed by atoms with Gasteiger partial charge in [0.2, 0.25) is 0 Å². The summed E-state index contributed by atoms with van der Waals surface area (Å²) >= 11 is 0. The Labute approximate surface area is 139 Å². The van der Waals surface area contributed by atoms with E-state index in [1.807, 2.05) is 6.07 Å². The fourth-order valence-corrected chi connectivity index (χ4v) is 2.58. The monoisotopic (exact) mass is 330 g/mol. The second-order valence-electron chi connectivity index (χ2n) is 5.42. The van der Waals surface area contributed by atoms with Crippen molar-refractivity contribution in [3.63, 3.8) is 0 Å². The van der Waals surface area contributed by atoms with Gasteiger partial charge in [-0.15, -0.1) is 12.4 Å². The lowest BCUT2D eigenvalue weighted by molar-refractivity contribution is 0.144. The van der Waals surface area contributed by atoms with E-state index in [0.29, 0.717) is 19.3 Å². The van der Waals surface area contributed by atoms with Crippen molar-refractivity contribution in [1.82, 2.24) is 10.2 Å². The van der Waals surface area contributed by atoms with Crippen molar-refractivity contribution >= 4 is 12.4 Å². The molecule has 1 unspecified atom stereocenters. The molecule has 22 heavy (non-hydrogen) atoms. The Morgan fingerprint density at radius 2 is 2.05 bits per heavy atom. The van der Waals surface area contributed by atoms with Crippen LogP contribution in [0, 0.1) is 0 Å². The minimum atomic E-state index is 0. The zero-order chi connectivity index (χ0) is 15.1. The molecule has 1 aliphatic heterocycles. The van der Waals surface area contributed by atoms with Gasteiger partial charge in [-0.2, -0.15) is 0 Å². The highest BCUT2D eigenvalue weighted by atomic mass is 35.5. The number of piperazine rings is 1. The maximum atomic E-state index is 5.66. The Morgan fingerprint density at radius 3 is 2.73 bits per heavy atom. The first-order valence-corrected chi connectivity index (χ1v) is 7.47. The van der Waals surface area contributed by atoms with Gasteiger partial charge in [-0.05, 0) is 24.6 Å². The zero-order valence-electron chi connectivity index (χ0n) is 13.6. The van der Waals surface area contributed by atoms with Gasteiger partial charge in [0.05, 0.1) is 13.7 Å². The van der Waals surface area contributed by atoms with Gasteiger partial charge in [0.25, 0.3) is 0 Å². The van der Waals surface area contributed by atoms with E-state index in [4.69, 9.17) is 14.2 Å². The SMILES string of the molecule is COCCOc1ccc(CN2CCNC(C)C2)cc1OC.Cl. The van der Waals surface area contributed by atoms with Crippen LogP contribution < -0.4 is 14.8 Å². The van der Waals surface area contributed by atoms with Crippen LogP contribution in [0.15, 0.2) is 18.2 Å². The van der Waals surface area contributed by atoms with Crippen LogP contribution in [0.2, 0.25) is 0 Å². The summed E-state index contributed by atoms with van der Waals surface area (Å²) in [5, 5.41) is 3.46. The molecule has 0 aliphatic carbocycles. The van der Waals surface area contributed by atoms with Crippen molar-refractivity contribution < 1.29 is 14.2 Å². The summed E-state index contributed by atoms with van der Waals surface area (Å²) in [7, 11) is 3.34. The largest absolute Gasteiger partial charge is 0.493 e. The van der Waals surface area contributed by atoms with E-state index < -0.39 is 0 Å². The highest BCUT2D eigenvalue weighted by molar-refractivity contribution is 5.85. The van der Waals surface area contributed by atoms with Gasteiger partial charge in [-0.3, -0.25) is 4.90 Å². The maximum absolute atomic E-state index is 5.66. The van der Waals surface area contributed by atoms with Crippen molar-refractivity contribution in [2.45, 2.75) is 19.5 Å². The molecule has 1 atom stereocenters. The van der Waals surface area contributed by atoms with Gasteiger partial charge in [0.1, 0.15) is 6.61 Å². The molecule has 0 amide bonds. The molecule has 0 bridgehead atoms. The summed E-state index contributed by atoms with van der Waals surface area (Å²) in [6.07, 6.45) is 0. The summed E-state index contributed by atoms with van der Waals surface area (Å²) in [4.78, 5) is 2.46. The number of ether oxygens (including phenoxy) is 3. The molecule has 2 rings (SSSR count). The number of benzene rings is 1. The minimum absolute atomic E-state index is 0. The van der Waals surface area contributed by atoms with Crippen molar-refractivity contribution in [2.24, 2.45) is 0 Å². The first-order chi connectivity index (χ1) is 10.2. The fraction of sp³-hybridized carbons (Fsp3) is 0.625. The number of nitrogens with one attached hydrogen (secondary N) is 1. The Balaban J connectivity index is 0.00000242. The summed E-state index contributed by atoms with van der Waals surface area (Å²) in [6.45, 7) is 7.48. The lowest BCUT2D eigenvalue weighted by Gasteiger charge is -2.31. The molecule has 6 heteroatoms. The molecule has 0 radical (unpaired) electrons. The third-order valence-electron chi connectivity index (χ3n) is 3.63. The normalized spacial score (nSPS) is 18.6. The molecule has 0 spiro atoms. The quantitative estimate of drug-likeness (QED) is 0.774. The van der Waals surface area contributed by atoms with Crippen LogP contribution in [-0.2, 0) is 11.3 Å². The molecule has 126 valence electrons. The van der Waals surface area contributed by atoms with E-state index in [-0.39, 0.29) is 12.4 Å². The van der Waals surface area contributed by atoms with Crippen LogP contribution >= 0.6 is 12.4 Å². The van der Waals surface area contributed by atoms with Crippen LogP contribution in [0.4, 0.5) is 0 Å². The topological polar surface area (TPSA) is 43.0 Å².